The van der Waals surface area contributed by atoms with Crippen molar-refractivity contribution in [3.05, 3.63) is 74.7 Å². The lowest BCUT2D eigenvalue weighted by atomic mass is 10.1. The number of hydrazone groups is 1. The molecule has 0 unspecified atom stereocenters. The summed E-state index contributed by atoms with van der Waals surface area (Å²) in [5.41, 5.74) is 2.62. The number of furan rings is 1. The first kappa shape index (κ1) is 18.5. The zero-order chi connectivity index (χ0) is 20.1. The SMILES string of the molecule is COc1ccc(-c2ccc(/C=N/Nc3ccc([N+](=O)[O-])cn3)o2)c([N+](=O)[O-])c1. The Labute approximate surface area is 157 Å². The molecule has 0 atom stereocenters. The molecule has 0 aliphatic rings. The smallest absolute Gasteiger partial charge is 0.287 e. The predicted molar refractivity (Wildman–Crippen MR) is 99.5 cm³/mol. The Morgan fingerprint density at radius 2 is 1.96 bits per heavy atom. The molecule has 0 amide bonds. The Hall–Kier alpha value is -4.28. The largest absolute Gasteiger partial charge is 0.497 e. The van der Waals surface area contributed by atoms with E-state index in [-0.39, 0.29) is 11.4 Å². The Morgan fingerprint density at radius 1 is 1.14 bits per heavy atom. The minimum absolute atomic E-state index is 0.133. The van der Waals surface area contributed by atoms with Gasteiger partial charge in [-0.3, -0.25) is 25.7 Å². The maximum atomic E-state index is 11.3. The quantitative estimate of drug-likeness (QED) is 0.370. The van der Waals surface area contributed by atoms with Crippen molar-refractivity contribution in [3.63, 3.8) is 0 Å². The molecule has 0 aliphatic carbocycles. The van der Waals surface area contributed by atoms with Crippen molar-refractivity contribution >= 4 is 23.4 Å². The van der Waals surface area contributed by atoms with E-state index in [2.05, 4.69) is 15.5 Å². The molecular weight excluding hydrogens is 370 g/mol. The number of ether oxygens (including phenoxy) is 1. The second-order valence-electron chi connectivity index (χ2n) is 5.37. The summed E-state index contributed by atoms with van der Waals surface area (Å²) in [6.07, 6.45) is 2.45. The average molecular weight is 383 g/mol. The fraction of sp³-hybridized carbons (Fsp3) is 0.0588. The van der Waals surface area contributed by atoms with E-state index >= 15 is 0 Å². The summed E-state index contributed by atoms with van der Waals surface area (Å²) >= 11 is 0. The van der Waals surface area contributed by atoms with Gasteiger partial charge in [-0.1, -0.05) is 0 Å². The van der Waals surface area contributed by atoms with Crippen LogP contribution < -0.4 is 10.2 Å². The molecule has 28 heavy (non-hydrogen) atoms. The summed E-state index contributed by atoms with van der Waals surface area (Å²) in [5, 5.41) is 25.8. The number of nitrogens with one attached hydrogen (secondary N) is 1. The van der Waals surface area contributed by atoms with Crippen LogP contribution in [0.5, 0.6) is 5.75 Å². The molecule has 0 aliphatic heterocycles. The fourth-order valence-electron chi connectivity index (χ4n) is 2.29. The van der Waals surface area contributed by atoms with Crippen molar-refractivity contribution < 1.29 is 19.0 Å². The molecule has 0 saturated heterocycles. The minimum atomic E-state index is -0.553. The van der Waals surface area contributed by atoms with Crippen molar-refractivity contribution in [1.82, 2.24) is 4.98 Å². The third kappa shape index (κ3) is 4.09. The van der Waals surface area contributed by atoms with Crippen molar-refractivity contribution in [2.45, 2.75) is 0 Å². The molecule has 2 heterocycles. The summed E-state index contributed by atoms with van der Waals surface area (Å²) in [6, 6.07) is 10.3. The highest BCUT2D eigenvalue weighted by Gasteiger charge is 2.19. The number of pyridine rings is 1. The van der Waals surface area contributed by atoms with Crippen molar-refractivity contribution in [1.29, 1.82) is 0 Å². The normalized spacial score (nSPS) is 10.8. The number of nitro groups is 2. The van der Waals surface area contributed by atoms with Gasteiger partial charge in [0.1, 0.15) is 29.3 Å². The molecule has 0 radical (unpaired) electrons. The molecule has 2 aromatic heterocycles. The number of benzene rings is 1. The number of anilines is 1. The first-order valence-electron chi connectivity index (χ1n) is 7.80. The van der Waals surface area contributed by atoms with Crippen LogP contribution in [0.15, 0.2) is 58.2 Å². The zero-order valence-corrected chi connectivity index (χ0v) is 14.4. The molecule has 3 rings (SSSR count). The molecule has 1 N–H and O–H groups in total. The van der Waals surface area contributed by atoms with Crippen LogP contribution in [0, 0.1) is 20.2 Å². The third-order valence-electron chi connectivity index (χ3n) is 3.62. The Balaban J connectivity index is 1.74. The van der Waals surface area contributed by atoms with Crippen LogP contribution in [0.25, 0.3) is 11.3 Å². The summed E-state index contributed by atoms with van der Waals surface area (Å²) < 4.78 is 10.6. The average Bonchev–Trinajstić information content (AvgIpc) is 3.16. The maximum absolute atomic E-state index is 11.3. The highest BCUT2D eigenvalue weighted by molar-refractivity contribution is 5.79. The summed E-state index contributed by atoms with van der Waals surface area (Å²) in [5.74, 6) is 1.31. The molecule has 11 nitrogen and oxygen atoms in total. The molecule has 0 spiro atoms. The van der Waals surface area contributed by atoms with E-state index in [9.17, 15) is 20.2 Å². The van der Waals surface area contributed by atoms with Crippen LogP contribution >= 0.6 is 0 Å². The van der Waals surface area contributed by atoms with Crippen LogP contribution in [0.3, 0.4) is 0 Å². The van der Waals surface area contributed by atoms with Gasteiger partial charge in [-0.25, -0.2) is 4.98 Å². The van der Waals surface area contributed by atoms with Gasteiger partial charge >= 0.3 is 0 Å². The number of aromatic nitrogens is 1. The maximum Gasteiger partial charge on any atom is 0.287 e. The Kier molecular flexibility index (Phi) is 5.25. The third-order valence-corrected chi connectivity index (χ3v) is 3.62. The van der Waals surface area contributed by atoms with Gasteiger partial charge < -0.3 is 9.15 Å². The lowest BCUT2D eigenvalue weighted by molar-refractivity contribution is -0.385. The Morgan fingerprint density at radius 3 is 2.61 bits per heavy atom. The second kappa shape index (κ2) is 7.95. The molecule has 0 bridgehead atoms. The van der Waals surface area contributed by atoms with E-state index in [0.29, 0.717) is 28.7 Å². The Bertz CT molecular complexity index is 1040. The molecule has 142 valence electrons. The van der Waals surface area contributed by atoms with Crippen LogP contribution in [-0.2, 0) is 0 Å². The zero-order valence-electron chi connectivity index (χ0n) is 14.4. The summed E-state index contributed by atoms with van der Waals surface area (Å²) in [4.78, 5) is 24.7. The summed E-state index contributed by atoms with van der Waals surface area (Å²) in [6.45, 7) is 0. The van der Waals surface area contributed by atoms with E-state index < -0.39 is 9.85 Å². The fourth-order valence-corrected chi connectivity index (χ4v) is 2.29. The number of nitrogens with zero attached hydrogens (tertiary/aromatic N) is 4. The minimum Gasteiger partial charge on any atom is -0.497 e. The van der Waals surface area contributed by atoms with Gasteiger partial charge in [0.2, 0.25) is 0 Å². The lowest BCUT2D eigenvalue weighted by Crippen LogP contribution is -1.94. The molecule has 3 aromatic rings. The number of nitro benzene ring substituents is 1. The standard InChI is InChI=1S/C17H13N5O6/c1-27-12-3-5-14(15(8-12)22(25)26)16-6-4-13(28-16)10-19-20-17-7-2-11(9-18-17)21(23)24/h2-10H,1H3,(H,18,20)/b19-10+. The monoisotopic (exact) mass is 383 g/mol. The van der Waals surface area contributed by atoms with Gasteiger partial charge in [-0.05, 0) is 30.3 Å². The van der Waals surface area contributed by atoms with Gasteiger partial charge in [0.25, 0.3) is 11.4 Å². The topological polar surface area (TPSA) is 146 Å². The van der Waals surface area contributed by atoms with E-state index in [0.717, 1.165) is 6.20 Å². The van der Waals surface area contributed by atoms with Crippen LogP contribution in [-0.4, -0.2) is 28.2 Å². The van der Waals surface area contributed by atoms with E-state index in [1.807, 2.05) is 0 Å². The number of methoxy groups -OCH3 is 1. The first-order valence-corrected chi connectivity index (χ1v) is 7.80. The van der Waals surface area contributed by atoms with E-state index in [4.69, 9.17) is 9.15 Å². The van der Waals surface area contributed by atoms with Crippen LogP contribution in [0.1, 0.15) is 5.76 Å². The van der Waals surface area contributed by atoms with E-state index in [1.165, 1.54) is 37.6 Å². The van der Waals surface area contributed by atoms with Gasteiger partial charge in [0, 0.05) is 6.07 Å². The number of rotatable bonds is 7. The van der Waals surface area contributed by atoms with Crippen molar-refractivity contribution in [2.24, 2.45) is 5.10 Å². The molecule has 0 saturated carbocycles. The van der Waals surface area contributed by atoms with Gasteiger partial charge in [0.15, 0.2) is 0 Å². The van der Waals surface area contributed by atoms with Gasteiger partial charge in [0.05, 0.1) is 34.8 Å². The van der Waals surface area contributed by atoms with Gasteiger partial charge in [-0.2, -0.15) is 5.10 Å². The number of hydrogen-bond donors (Lipinski definition) is 1. The first-order chi connectivity index (χ1) is 13.5. The lowest BCUT2D eigenvalue weighted by Gasteiger charge is -2.03. The highest BCUT2D eigenvalue weighted by Crippen LogP contribution is 2.33. The second-order valence-corrected chi connectivity index (χ2v) is 5.37. The van der Waals surface area contributed by atoms with Crippen LogP contribution in [0.4, 0.5) is 17.2 Å². The summed E-state index contributed by atoms with van der Waals surface area (Å²) in [7, 11) is 1.42. The molecule has 0 fully saturated rings. The highest BCUT2D eigenvalue weighted by atomic mass is 16.6. The van der Waals surface area contributed by atoms with Crippen molar-refractivity contribution in [2.75, 3.05) is 12.5 Å². The van der Waals surface area contributed by atoms with Crippen LogP contribution in [0.2, 0.25) is 0 Å². The van der Waals surface area contributed by atoms with E-state index in [1.54, 1.807) is 18.2 Å². The van der Waals surface area contributed by atoms with Crippen molar-refractivity contribution in [3.8, 4) is 17.1 Å². The number of hydrogen-bond acceptors (Lipinski definition) is 9. The molecule has 11 heteroatoms. The van der Waals surface area contributed by atoms with Gasteiger partial charge in [-0.15, -0.1) is 0 Å². The predicted octanol–water partition coefficient (Wildman–Crippen LogP) is 3.61. The molecular formula is C17H13N5O6. The molecule has 1 aromatic carbocycles.